The lowest BCUT2D eigenvalue weighted by molar-refractivity contribution is -0.144. The molecule has 1 heterocycles. The molecule has 0 N–H and O–H groups in total. The van der Waals surface area contributed by atoms with Crippen molar-refractivity contribution in [3.63, 3.8) is 0 Å². The first-order valence-electron chi connectivity index (χ1n) is 11.7. The zero-order valence-corrected chi connectivity index (χ0v) is 22.0. The molecule has 34 heavy (non-hydrogen) atoms. The van der Waals surface area contributed by atoms with E-state index >= 15 is 0 Å². The van der Waals surface area contributed by atoms with E-state index in [0.29, 0.717) is 0 Å². The smallest absolute Gasteiger partial charge is 0.357 e. The monoisotopic (exact) mass is 477 g/mol. The number of aromatic nitrogens is 1. The maximum Gasteiger partial charge on any atom is 0.357 e. The molecule has 9 heteroatoms. The van der Waals surface area contributed by atoms with Crippen LogP contribution < -0.4 is 0 Å². The van der Waals surface area contributed by atoms with Gasteiger partial charge in [0.25, 0.3) is 11.8 Å². The highest BCUT2D eigenvalue weighted by atomic mass is 16.6. The Bertz CT molecular complexity index is 798. The minimum atomic E-state index is -1.02. The van der Waals surface area contributed by atoms with E-state index in [2.05, 4.69) is 4.98 Å². The van der Waals surface area contributed by atoms with Gasteiger partial charge in [0.15, 0.2) is 12.2 Å². The van der Waals surface area contributed by atoms with E-state index in [1.807, 2.05) is 55.4 Å². The average Bonchev–Trinajstić information content (AvgIpc) is 2.72. The van der Waals surface area contributed by atoms with E-state index in [-0.39, 0.29) is 47.4 Å². The van der Waals surface area contributed by atoms with E-state index in [9.17, 15) is 19.2 Å². The Morgan fingerprint density at radius 2 is 0.912 bits per heavy atom. The second kappa shape index (κ2) is 12.5. The Morgan fingerprint density at radius 1 is 0.618 bits per heavy atom. The van der Waals surface area contributed by atoms with Gasteiger partial charge in [0.1, 0.15) is 11.4 Å². The highest BCUT2D eigenvalue weighted by Gasteiger charge is 2.30. The van der Waals surface area contributed by atoms with Gasteiger partial charge in [-0.25, -0.2) is 14.6 Å². The lowest BCUT2D eigenvalue weighted by Crippen LogP contribution is -2.47. The molecule has 0 bridgehead atoms. The normalized spacial score (nSPS) is 13.1. The van der Waals surface area contributed by atoms with Crippen LogP contribution >= 0.6 is 0 Å². The molecule has 0 aliphatic heterocycles. The third-order valence-corrected chi connectivity index (χ3v) is 5.16. The minimum Gasteiger partial charge on any atom is -0.448 e. The topological polar surface area (TPSA) is 106 Å². The van der Waals surface area contributed by atoms with Crippen molar-refractivity contribution in [2.75, 3.05) is 0 Å². The molecular weight excluding hydrogens is 438 g/mol. The zero-order valence-electron chi connectivity index (χ0n) is 22.0. The van der Waals surface area contributed by atoms with Gasteiger partial charge in [-0.15, -0.1) is 0 Å². The van der Waals surface area contributed by atoms with Gasteiger partial charge in [-0.1, -0.05) is 6.07 Å². The molecule has 9 nitrogen and oxygen atoms in total. The second-order valence-corrected chi connectivity index (χ2v) is 9.37. The van der Waals surface area contributed by atoms with Crippen molar-refractivity contribution >= 4 is 23.8 Å². The van der Waals surface area contributed by atoms with Crippen LogP contribution in [0, 0.1) is 0 Å². The van der Waals surface area contributed by atoms with Gasteiger partial charge in [0, 0.05) is 24.2 Å². The number of carbonyl (C=O) groups excluding carboxylic acids is 4. The summed E-state index contributed by atoms with van der Waals surface area (Å²) in [5.41, 5.74) is -0.278. The van der Waals surface area contributed by atoms with Crippen molar-refractivity contribution in [1.82, 2.24) is 14.8 Å². The summed E-state index contributed by atoms with van der Waals surface area (Å²) in [7, 11) is 0. The Morgan fingerprint density at radius 3 is 1.18 bits per heavy atom. The van der Waals surface area contributed by atoms with Gasteiger partial charge in [0.05, 0.1) is 0 Å². The van der Waals surface area contributed by atoms with Crippen LogP contribution in [0.15, 0.2) is 18.2 Å². The van der Waals surface area contributed by atoms with Crippen molar-refractivity contribution in [2.24, 2.45) is 0 Å². The van der Waals surface area contributed by atoms with Crippen LogP contribution in [0.1, 0.15) is 90.2 Å². The van der Waals surface area contributed by atoms with Crippen LogP contribution in [0.2, 0.25) is 0 Å². The summed E-state index contributed by atoms with van der Waals surface area (Å²) in [6.45, 7) is 18.1. The first-order chi connectivity index (χ1) is 15.7. The fraction of sp³-hybridized carbons (Fsp3) is 0.640. The van der Waals surface area contributed by atoms with Gasteiger partial charge >= 0.3 is 11.9 Å². The summed E-state index contributed by atoms with van der Waals surface area (Å²) in [6, 6.07) is 3.99. The molecule has 0 fully saturated rings. The fourth-order valence-electron chi connectivity index (χ4n) is 3.84. The van der Waals surface area contributed by atoms with Gasteiger partial charge < -0.3 is 19.3 Å². The van der Waals surface area contributed by atoms with Gasteiger partial charge in [-0.05, 0) is 81.4 Å². The van der Waals surface area contributed by atoms with Gasteiger partial charge in [-0.3, -0.25) is 9.59 Å². The summed E-state index contributed by atoms with van der Waals surface area (Å²) in [5.74, 6) is -2.31. The molecular formula is C25H39N3O6. The Kier molecular flexibility index (Phi) is 10.7. The lowest BCUT2D eigenvalue weighted by atomic mass is 10.2. The summed E-state index contributed by atoms with van der Waals surface area (Å²) in [5, 5.41) is 0. The largest absolute Gasteiger partial charge is 0.448 e. The number of esters is 2. The highest BCUT2D eigenvalue weighted by molar-refractivity contribution is 5.94. The molecule has 0 radical (unpaired) electrons. The minimum absolute atomic E-state index is 0.0584. The summed E-state index contributed by atoms with van der Waals surface area (Å²) in [4.78, 5) is 57.9. The number of rotatable bonds is 10. The summed E-state index contributed by atoms with van der Waals surface area (Å²) >= 11 is 0. The number of carbonyl (C=O) groups is 4. The van der Waals surface area contributed by atoms with Gasteiger partial charge in [-0.2, -0.15) is 0 Å². The predicted molar refractivity (Wildman–Crippen MR) is 128 cm³/mol. The quantitative estimate of drug-likeness (QED) is 0.475. The first kappa shape index (κ1) is 29.1. The summed E-state index contributed by atoms with van der Waals surface area (Å²) in [6.07, 6.45) is -2.05. The zero-order chi connectivity index (χ0) is 26.3. The molecule has 1 aromatic rings. The molecule has 1 rings (SSSR count). The Labute approximate surface area is 202 Å². The molecule has 0 spiro atoms. The van der Waals surface area contributed by atoms with Crippen LogP contribution in [-0.4, -0.2) is 74.9 Å². The number of pyridine rings is 1. The number of ether oxygens (including phenoxy) is 2. The third-order valence-electron chi connectivity index (χ3n) is 5.16. The van der Waals surface area contributed by atoms with Crippen LogP contribution in [-0.2, 0) is 19.1 Å². The predicted octanol–water partition coefficient (Wildman–Crippen LogP) is 3.46. The van der Waals surface area contributed by atoms with E-state index in [1.54, 1.807) is 9.80 Å². The van der Waals surface area contributed by atoms with Gasteiger partial charge in [0.2, 0.25) is 0 Å². The van der Waals surface area contributed by atoms with E-state index < -0.39 is 24.1 Å². The number of hydrogen-bond donors (Lipinski definition) is 0. The summed E-state index contributed by atoms with van der Waals surface area (Å²) < 4.78 is 10.6. The number of amides is 2. The molecule has 0 aromatic carbocycles. The van der Waals surface area contributed by atoms with Crippen molar-refractivity contribution in [3.05, 3.63) is 29.6 Å². The number of hydrogen-bond acceptors (Lipinski definition) is 7. The Balaban J connectivity index is 2.93. The average molecular weight is 478 g/mol. The molecule has 0 aliphatic carbocycles. The molecule has 0 saturated carbocycles. The van der Waals surface area contributed by atoms with Crippen LogP contribution in [0.25, 0.3) is 0 Å². The van der Waals surface area contributed by atoms with Crippen molar-refractivity contribution in [3.8, 4) is 0 Å². The van der Waals surface area contributed by atoms with E-state index in [4.69, 9.17) is 9.47 Å². The van der Waals surface area contributed by atoms with Crippen molar-refractivity contribution in [2.45, 2.75) is 106 Å². The van der Waals surface area contributed by atoms with E-state index in [0.717, 1.165) is 0 Å². The van der Waals surface area contributed by atoms with Crippen molar-refractivity contribution < 1.29 is 28.7 Å². The lowest BCUT2D eigenvalue weighted by Gasteiger charge is -2.32. The van der Waals surface area contributed by atoms with Crippen LogP contribution in [0.4, 0.5) is 0 Å². The maximum atomic E-state index is 12.7. The fourth-order valence-corrected chi connectivity index (χ4v) is 3.84. The van der Waals surface area contributed by atoms with Crippen molar-refractivity contribution in [1.29, 1.82) is 0 Å². The Hall–Kier alpha value is -2.97. The number of nitrogens with zero attached hydrogens (tertiary/aromatic N) is 3. The highest BCUT2D eigenvalue weighted by Crippen LogP contribution is 2.13. The third kappa shape index (κ3) is 7.53. The van der Waals surface area contributed by atoms with E-state index in [1.165, 1.54) is 32.0 Å². The molecule has 0 saturated heterocycles. The first-order valence-corrected chi connectivity index (χ1v) is 11.7. The molecule has 190 valence electrons. The molecule has 1 aromatic heterocycles. The molecule has 2 atom stereocenters. The molecule has 0 unspecified atom stereocenters. The molecule has 0 aliphatic rings. The van der Waals surface area contributed by atoms with Crippen LogP contribution in [0.5, 0.6) is 0 Å². The molecule has 2 amide bonds. The van der Waals surface area contributed by atoms with Crippen LogP contribution in [0.3, 0.4) is 0 Å². The SMILES string of the molecule is CC(C)N(C(=O)[C@@H](C)OC(=O)c1cccc(C(=O)O[C@H](C)C(=O)N(C(C)C)C(C)C)n1)C(C)C. The maximum absolute atomic E-state index is 12.7. The second-order valence-electron chi connectivity index (χ2n) is 9.37. The standard InChI is InChI=1S/C25H39N3O6/c1-14(2)27(15(3)4)22(29)18(9)33-24(31)20-12-11-13-21(26-20)25(32)34-19(10)23(30)28(16(5)6)17(7)8/h11-19H,1-10H3/t18-,19-/m1/s1.